The highest BCUT2D eigenvalue weighted by atomic mass is 16.5. The van der Waals surface area contributed by atoms with Gasteiger partial charge >= 0.3 is 0 Å². The number of benzene rings is 2. The molecule has 5 heteroatoms. The first-order valence-corrected chi connectivity index (χ1v) is 10.9. The lowest BCUT2D eigenvalue weighted by Crippen LogP contribution is -2.24. The molecular formula is C26H29N3O2. The van der Waals surface area contributed by atoms with Crippen LogP contribution in [-0.2, 0) is 0 Å². The Kier molecular flexibility index (Phi) is 6.51. The van der Waals surface area contributed by atoms with Crippen molar-refractivity contribution in [2.24, 2.45) is 0 Å². The van der Waals surface area contributed by atoms with Crippen LogP contribution in [0.4, 0.5) is 11.5 Å². The standard InChI is InChI=1S/C26H29N3O2/c1-19-23(20-10-13-22(31-2)14-11-20)8-7-9-24(19)26(30)28-21-12-15-25(27-18-21)29-16-5-3-4-6-17-29/h7-15,18H,3-6,16-17H2,1-2H3,(H,28,30). The van der Waals surface area contributed by atoms with E-state index in [1.165, 1.54) is 25.7 Å². The maximum atomic E-state index is 13.0. The summed E-state index contributed by atoms with van der Waals surface area (Å²) >= 11 is 0. The number of carbonyl (C=O) groups is 1. The summed E-state index contributed by atoms with van der Waals surface area (Å²) in [5.74, 6) is 1.67. The largest absolute Gasteiger partial charge is 0.497 e. The maximum Gasteiger partial charge on any atom is 0.255 e. The molecule has 1 aliphatic rings. The lowest BCUT2D eigenvalue weighted by Gasteiger charge is -2.21. The van der Waals surface area contributed by atoms with Gasteiger partial charge < -0.3 is 15.0 Å². The molecule has 0 saturated carbocycles. The van der Waals surface area contributed by atoms with Gasteiger partial charge in [0.05, 0.1) is 19.0 Å². The highest BCUT2D eigenvalue weighted by Crippen LogP contribution is 2.28. The minimum absolute atomic E-state index is 0.128. The zero-order chi connectivity index (χ0) is 21.6. The number of amides is 1. The van der Waals surface area contributed by atoms with Gasteiger partial charge in [-0.15, -0.1) is 0 Å². The normalized spacial score (nSPS) is 14.1. The number of carbonyl (C=O) groups excluding carboxylic acids is 1. The van der Waals surface area contributed by atoms with E-state index in [1.54, 1.807) is 13.3 Å². The average Bonchev–Trinajstić information content (AvgIpc) is 3.09. The third-order valence-corrected chi connectivity index (χ3v) is 5.92. The van der Waals surface area contributed by atoms with Crippen LogP contribution in [0, 0.1) is 6.92 Å². The Morgan fingerprint density at radius 3 is 2.35 bits per heavy atom. The van der Waals surface area contributed by atoms with Crippen LogP contribution in [0.25, 0.3) is 11.1 Å². The summed E-state index contributed by atoms with van der Waals surface area (Å²) in [6.45, 7) is 4.08. The van der Waals surface area contributed by atoms with Crippen LogP contribution in [0.2, 0.25) is 0 Å². The molecule has 1 saturated heterocycles. The molecule has 2 heterocycles. The van der Waals surface area contributed by atoms with Gasteiger partial charge in [-0.05, 0) is 66.8 Å². The van der Waals surface area contributed by atoms with Gasteiger partial charge in [-0.25, -0.2) is 4.98 Å². The second-order valence-electron chi connectivity index (χ2n) is 7.97. The summed E-state index contributed by atoms with van der Waals surface area (Å²) in [6.07, 6.45) is 6.76. The number of rotatable bonds is 5. The number of ether oxygens (including phenoxy) is 1. The molecule has 0 radical (unpaired) electrons. The Labute approximate surface area is 184 Å². The number of methoxy groups -OCH3 is 1. The molecule has 1 aromatic heterocycles. The van der Waals surface area contributed by atoms with Crippen molar-refractivity contribution in [3.63, 3.8) is 0 Å². The van der Waals surface area contributed by atoms with Crippen LogP contribution in [0.15, 0.2) is 60.8 Å². The number of pyridine rings is 1. The molecule has 160 valence electrons. The molecule has 0 spiro atoms. The Morgan fingerprint density at radius 2 is 1.71 bits per heavy atom. The lowest BCUT2D eigenvalue weighted by atomic mass is 9.96. The Morgan fingerprint density at radius 1 is 0.968 bits per heavy atom. The smallest absolute Gasteiger partial charge is 0.255 e. The second-order valence-corrected chi connectivity index (χ2v) is 7.97. The molecule has 3 aromatic rings. The second kappa shape index (κ2) is 9.65. The first-order valence-electron chi connectivity index (χ1n) is 10.9. The van der Waals surface area contributed by atoms with Crippen molar-refractivity contribution in [1.29, 1.82) is 0 Å². The summed E-state index contributed by atoms with van der Waals surface area (Å²) in [6, 6.07) is 17.6. The SMILES string of the molecule is COc1ccc(-c2cccc(C(=O)Nc3ccc(N4CCCCCC4)nc3)c2C)cc1. The number of hydrogen-bond acceptors (Lipinski definition) is 4. The molecule has 31 heavy (non-hydrogen) atoms. The van der Waals surface area contributed by atoms with Crippen molar-refractivity contribution < 1.29 is 9.53 Å². The summed E-state index contributed by atoms with van der Waals surface area (Å²) in [5, 5.41) is 3.00. The van der Waals surface area contributed by atoms with Crippen LogP contribution < -0.4 is 15.0 Å². The third kappa shape index (κ3) is 4.88. The van der Waals surface area contributed by atoms with Crippen LogP contribution in [0.3, 0.4) is 0 Å². The molecule has 0 atom stereocenters. The maximum absolute atomic E-state index is 13.0. The van der Waals surface area contributed by atoms with E-state index in [2.05, 4.69) is 15.2 Å². The fraction of sp³-hybridized carbons (Fsp3) is 0.308. The zero-order valence-corrected chi connectivity index (χ0v) is 18.2. The zero-order valence-electron chi connectivity index (χ0n) is 18.2. The van der Waals surface area contributed by atoms with Gasteiger partial charge in [-0.2, -0.15) is 0 Å². The van der Waals surface area contributed by atoms with Crippen molar-refractivity contribution >= 4 is 17.4 Å². The van der Waals surface area contributed by atoms with E-state index in [0.717, 1.165) is 41.3 Å². The van der Waals surface area contributed by atoms with E-state index in [-0.39, 0.29) is 5.91 Å². The van der Waals surface area contributed by atoms with Gasteiger partial charge in [-0.3, -0.25) is 4.79 Å². The fourth-order valence-corrected chi connectivity index (χ4v) is 4.11. The predicted molar refractivity (Wildman–Crippen MR) is 126 cm³/mol. The van der Waals surface area contributed by atoms with Crippen molar-refractivity contribution in [2.75, 3.05) is 30.4 Å². The highest BCUT2D eigenvalue weighted by molar-refractivity contribution is 6.06. The van der Waals surface area contributed by atoms with E-state index in [0.29, 0.717) is 11.3 Å². The minimum atomic E-state index is -0.128. The number of anilines is 2. The molecular weight excluding hydrogens is 386 g/mol. The topological polar surface area (TPSA) is 54.5 Å². The Hall–Kier alpha value is -3.34. The van der Waals surface area contributed by atoms with E-state index in [9.17, 15) is 4.79 Å². The molecule has 0 aliphatic carbocycles. The van der Waals surface area contributed by atoms with Gasteiger partial charge in [-0.1, -0.05) is 37.1 Å². The lowest BCUT2D eigenvalue weighted by molar-refractivity contribution is 0.102. The van der Waals surface area contributed by atoms with Crippen molar-refractivity contribution in [3.8, 4) is 16.9 Å². The number of aromatic nitrogens is 1. The van der Waals surface area contributed by atoms with E-state index in [4.69, 9.17) is 4.74 Å². The summed E-state index contributed by atoms with van der Waals surface area (Å²) < 4.78 is 5.24. The van der Waals surface area contributed by atoms with Crippen LogP contribution >= 0.6 is 0 Å². The van der Waals surface area contributed by atoms with Crippen molar-refractivity contribution in [3.05, 3.63) is 71.9 Å². The molecule has 1 fully saturated rings. The summed E-state index contributed by atoms with van der Waals surface area (Å²) in [7, 11) is 1.65. The van der Waals surface area contributed by atoms with Gasteiger partial charge in [0.2, 0.25) is 0 Å². The molecule has 0 bridgehead atoms. The fourth-order valence-electron chi connectivity index (χ4n) is 4.11. The van der Waals surface area contributed by atoms with Gasteiger partial charge in [0.1, 0.15) is 11.6 Å². The molecule has 2 aromatic carbocycles. The average molecular weight is 416 g/mol. The number of hydrogen-bond donors (Lipinski definition) is 1. The predicted octanol–water partition coefficient (Wildman–Crippen LogP) is 5.70. The van der Waals surface area contributed by atoms with Gasteiger partial charge in [0.25, 0.3) is 5.91 Å². The van der Waals surface area contributed by atoms with Gasteiger partial charge in [0, 0.05) is 18.7 Å². The van der Waals surface area contributed by atoms with Crippen LogP contribution in [0.5, 0.6) is 5.75 Å². The molecule has 1 amide bonds. The van der Waals surface area contributed by atoms with Gasteiger partial charge in [0.15, 0.2) is 0 Å². The Balaban J connectivity index is 1.49. The molecule has 5 nitrogen and oxygen atoms in total. The van der Waals surface area contributed by atoms with E-state index >= 15 is 0 Å². The molecule has 1 aliphatic heterocycles. The minimum Gasteiger partial charge on any atom is -0.497 e. The van der Waals surface area contributed by atoms with Crippen molar-refractivity contribution in [1.82, 2.24) is 4.98 Å². The molecule has 0 unspecified atom stereocenters. The summed E-state index contributed by atoms with van der Waals surface area (Å²) in [5.41, 5.74) is 4.39. The van der Waals surface area contributed by atoms with Crippen LogP contribution in [0.1, 0.15) is 41.6 Å². The quantitative estimate of drug-likeness (QED) is 0.581. The highest BCUT2D eigenvalue weighted by Gasteiger charge is 2.15. The van der Waals surface area contributed by atoms with E-state index < -0.39 is 0 Å². The van der Waals surface area contributed by atoms with Crippen molar-refractivity contribution in [2.45, 2.75) is 32.6 Å². The van der Waals surface area contributed by atoms with E-state index in [1.807, 2.05) is 61.5 Å². The monoisotopic (exact) mass is 415 g/mol. The third-order valence-electron chi connectivity index (χ3n) is 5.92. The molecule has 1 N–H and O–H groups in total. The summed E-state index contributed by atoms with van der Waals surface area (Å²) in [4.78, 5) is 19.9. The Bertz CT molecular complexity index is 1020. The molecule has 4 rings (SSSR count). The first kappa shape index (κ1) is 20.9. The first-order chi connectivity index (χ1) is 15.2. The number of nitrogens with one attached hydrogen (secondary N) is 1. The number of nitrogens with zero attached hydrogens (tertiary/aromatic N) is 2. The van der Waals surface area contributed by atoms with Crippen LogP contribution in [-0.4, -0.2) is 31.1 Å².